The van der Waals surface area contributed by atoms with Crippen LogP contribution in [0.2, 0.25) is 0 Å². The summed E-state index contributed by atoms with van der Waals surface area (Å²) in [5.41, 5.74) is 16.8. The third-order valence-electron chi connectivity index (χ3n) is 8.23. The zero-order valence-corrected chi connectivity index (χ0v) is 31.9. The number of nitrogen functional groups attached to an aromatic ring is 2. The summed E-state index contributed by atoms with van der Waals surface area (Å²) in [5.74, 6) is 0.435. The van der Waals surface area contributed by atoms with E-state index in [0.717, 1.165) is 48.2 Å². The van der Waals surface area contributed by atoms with Gasteiger partial charge in [0.25, 0.3) is 5.91 Å². The first-order chi connectivity index (χ1) is 26.0. The number of hydrogen-bond donors (Lipinski definition) is 2. The number of fused-ring (bicyclic) bond motifs is 2. The Morgan fingerprint density at radius 3 is 1.72 bits per heavy atom. The van der Waals surface area contributed by atoms with E-state index >= 15 is 0 Å². The van der Waals surface area contributed by atoms with Gasteiger partial charge in [0.2, 0.25) is 5.78 Å². The number of anilines is 4. The predicted molar refractivity (Wildman–Crippen MR) is 193 cm³/mol. The fourth-order valence-electron chi connectivity index (χ4n) is 5.39. The van der Waals surface area contributed by atoms with Crippen LogP contribution >= 0.6 is 0 Å². The van der Waals surface area contributed by atoms with Crippen LogP contribution in [0.3, 0.4) is 0 Å². The summed E-state index contributed by atoms with van der Waals surface area (Å²) in [6, 6.07) is 8.05. The number of aromatic nitrogens is 6. The number of ether oxygens (including phenoxy) is 2. The van der Waals surface area contributed by atoms with Gasteiger partial charge in [-0.1, -0.05) is 38.8 Å². The number of pyridine rings is 2. The Hall–Kier alpha value is -5.61. The van der Waals surface area contributed by atoms with Crippen molar-refractivity contribution in [2.45, 2.75) is 79.3 Å². The summed E-state index contributed by atoms with van der Waals surface area (Å²) in [4.78, 5) is 65.6. The molecule has 6 heterocycles. The molecule has 0 atom stereocenters. The van der Waals surface area contributed by atoms with E-state index in [1.54, 1.807) is 6.20 Å². The normalized spacial score (nSPS) is 13.1. The van der Waals surface area contributed by atoms with Crippen molar-refractivity contribution >= 4 is 40.7 Å². The second kappa shape index (κ2) is 20.0. The van der Waals surface area contributed by atoms with Crippen LogP contribution in [0.15, 0.2) is 36.7 Å². The molecule has 0 aromatic carbocycles. The van der Waals surface area contributed by atoms with Crippen LogP contribution in [0.5, 0.6) is 12.0 Å². The molecular formula is C36H44MnN10O7. The van der Waals surface area contributed by atoms with Crippen molar-refractivity contribution in [1.29, 1.82) is 0 Å². The van der Waals surface area contributed by atoms with Crippen LogP contribution in [0.1, 0.15) is 73.2 Å². The second-order valence-corrected chi connectivity index (χ2v) is 12.7. The third kappa shape index (κ3) is 11.2. The van der Waals surface area contributed by atoms with E-state index in [2.05, 4.69) is 36.8 Å². The number of unbranched alkanes of at least 4 members (excludes halogenated alkanes) is 2. The van der Waals surface area contributed by atoms with Gasteiger partial charge in [-0.15, -0.1) is 0 Å². The fraction of sp³-hybridized carbons (Fsp3) is 0.417. The van der Waals surface area contributed by atoms with Crippen molar-refractivity contribution in [3.05, 3.63) is 70.3 Å². The van der Waals surface area contributed by atoms with E-state index in [1.165, 1.54) is 4.90 Å². The number of Topliss-reactive ketones (excluding diaryl/α,β-unsaturated/α-hetero) is 2. The van der Waals surface area contributed by atoms with Crippen LogP contribution < -0.4 is 30.7 Å². The summed E-state index contributed by atoms with van der Waals surface area (Å²) in [5, 5.41) is 0. The number of amides is 1. The van der Waals surface area contributed by atoms with Crippen LogP contribution in [0, 0.1) is 13.8 Å². The summed E-state index contributed by atoms with van der Waals surface area (Å²) < 4.78 is 28.0. The van der Waals surface area contributed by atoms with Crippen molar-refractivity contribution in [2.24, 2.45) is 0 Å². The van der Waals surface area contributed by atoms with Crippen LogP contribution in [-0.2, 0) is 62.8 Å². The molecule has 0 fully saturated rings. The van der Waals surface area contributed by atoms with Crippen molar-refractivity contribution < 1.29 is 46.3 Å². The van der Waals surface area contributed by atoms with Crippen molar-refractivity contribution in [2.75, 3.05) is 41.0 Å². The topological polar surface area (TPSA) is 240 Å². The van der Waals surface area contributed by atoms with Gasteiger partial charge in [0.1, 0.15) is 23.3 Å². The Morgan fingerprint density at radius 1 is 0.722 bits per heavy atom. The molecule has 287 valence electrons. The second-order valence-electron chi connectivity index (χ2n) is 12.5. The maximum absolute atomic E-state index is 12.5. The van der Waals surface area contributed by atoms with Gasteiger partial charge < -0.3 is 25.8 Å². The molecule has 17 nitrogen and oxygen atoms in total. The molecule has 54 heavy (non-hydrogen) atoms. The number of ketones is 2. The summed E-state index contributed by atoms with van der Waals surface area (Å²) >= 11 is -1.44. The van der Waals surface area contributed by atoms with Gasteiger partial charge in [-0.05, 0) is 49.9 Å². The average Bonchev–Trinajstić information content (AvgIpc) is 3.14. The monoisotopic (exact) mass is 783 g/mol. The predicted octanol–water partition coefficient (Wildman–Crippen LogP) is 3.43. The van der Waals surface area contributed by atoms with Gasteiger partial charge >= 0.3 is 34.5 Å². The zero-order valence-electron chi connectivity index (χ0n) is 30.7. The van der Waals surface area contributed by atoms with E-state index < -0.39 is 26.5 Å². The minimum absolute atomic E-state index is 0.0993. The summed E-state index contributed by atoms with van der Waals surface area (Å²) in [6.07, 6.45) is 7.44. The molecule has 18 heteroatoms. The molecule has 0 radical (unpaired) electrons. The van der Waals surface area contributed by atoms with Crippen molar-refractivity contribution in [1.82, 2.24) is 29.9 Å². The first-order valence-electron chi connectivity index (χ1n) is 17.4. The molecule has 4 aromatic heterocycles. The Morgan fingerprint density at radius 2 is 1.22 bits per heavy atom. The molecule has 0 saturated carbocycles. The zero-order chi connectivity index (χ0) is 39.2. The number of aryl methyl sites for hydroxylation is 2. The number of carbonyl (C=O) groups is 3. The Labute approximate surface area is 318 Å². The molecule has 0 bridgehead atoms. The molecule has 4 N–H and O–H groups in total. The Bertz CT molecular complexity index is 1970. The van der Waals surface area contributed by atoms with Gasteiger partial charge in [-0.25, -0.2) is 0 Å². The van der Waals surface area contributed by atoms with Crippen LogP contribution in [0.4, 0.5) is 23.3 Å². The Balaban J connectivity index is 0.000000225. The molecule has 0 spiro atoms. The number of nitrogens with two attached hydrogens (primary N) is 2. The van der Waals surface area contributed by atoms with Gasteiger partial charge in [0.15, 0.2) is 5.78 Å². The molecule has 0 aliphatic carbocycles. The minimum atomic E-state index is -1.44. The van der Waals surface area contributed by atoms with Crippen molar-refractivity contribution in [3.63, 3.8) is 0 Å². The average molecular weight is 784 g/mol. The first-order valence-corrected chi connectivity index (χ1v) is 18.4. The molecule has 0 saturated heterocycles. The summed E-state index contributed by atoms with van der Waals surface area (Å²) in [7, 11) is 0. The van der Waals surface area contributed by atoms with Gasteiger partial charge in [0, 0.05) is 54.3 Å². The molecular weight excluding hydrogens is 739 g/mol. The SMILES string of the molecule is CCCCOc1nc(N)c2c(n1)N(Cc1ccc(C)nc1)C(=O)C(=O)C2.CCCCOc1nc(N)c2c(n1)N(Cc1ccc(C)nc1)CC(=O)C2.[O]=[Mn]=[O]. The van der Waals surface area contributed by atoms with Crippen LogP contribution in [-0.4, -0.2) is 67.1 Å². The molecule has 4 aromatic rings. The first kappa shape index (κ1) is 41.1. The van der Waals surface area contributed by atoms with E-state index in [0.29, 0.717) is 54.9 Å². The standard InChI is InChI=1S/C18H21N5O3.C18H23N5O2.Mn.2O/c1-3-4-7-26-18-21-15(19)13-8-14(24)17(25)23(16(13)22-18)10-12-6-5-11(2)20-9-12;1-3-4-7-25-18-21-16(19)15-8-14(24)11-23(17(15)22-18)10-13-6-5-12(2)20-9-13;;;/h5-6,9H,3-4,7-8,10H2,1-2H3,(H2,19,21,22);5-6,9H,3-4,7-8,10-11H2,1-2H3,(H2,19,21,22);;;. The number of carbonyl (C=O) groups excluding carboxylic acids is 3. The molecule has 0 unspecified atom stereocenters. The molecule has 2 aliphatic heterocycles. The van der Waals surface area contributed by atoms with E-state index in [-0.39, 0.29) is 43.0 Å². The van der Waals surface area contributed by atoms with Gasteiger partial charge in [-0.3, -0.25) is 29.3 Å². The number of hydrogen-bond acceptors (Lipinski definition) is 16. The number of rotatable bonds is 12. The van der Waals surface area contributed by atoms with E-state index in [9.17, 15) is 14.4 Å². The number of nitrogens with zero attached hydrogens (tertiary/aromatic N) is 8. The van der Waals surface area contributed by atoms with Gasteiger partial charge in [0.05, 0.1) is 26.3 Å². The van der Waals surface area contributed by atoms with Crippen molar-refractivity contribution in [3.8, 4) is 12.0 Å². The van der Waals surface area contributed by atoms with E-state index in [1.807, 2.05) is 56.1 Å². The Kier molecular flexibility index (Phi) is 15.2. The fourth-order valence-corrected chi connectivity index (χ4v) is 5.39. The van der Waals surface area contributed by atoms with Gasteiger partial charge in [-0.2, -0.15) is 19.9 Å². The molecule has 1 amide bonds. The quantitative estimate of drug-likeness (QED) is 0.119. The van der Waals surface area contributed by atoms with E-state index in [4.69, 9.17) is 28.6 Å². The molecule has 6 rings (SSSR count). The summed E-state index contributed by atoms with van der Waals surface area (Å²) in [6.45, 7) is 9.98. The molecule has 2 aliphatic rings. The third-order valence-corrected chi connectivity index (χ3v) is 8.23. The van der Waals surface area contributed by atoms with Crippen LogP contribution in [0.25, 0.3) is 0 Å². The maximum atomic E-state index is 12.5.